The zero-order valence-electron chi connectivity index (χ0n) is 14.3. The van der Waals surface area contributed by atoms with Gasteiger partial charge in [-0.1, -0.05) is 29.8 Å². The highest BCUT2D eigenvalue weighted by Gasteiger charge is 2.14. The van der Waals surface area contributed by atoms with Crippen molar-refractivity contribution in [2.75, 3.05) is 39.6 Å². The maximum absolute atomic E-state index is 11.9. The van der Waals surface area contributed by atoms with Crippen LogP contribution in [-0.4, -0.2) is 48.1 Å². The molecule has 1 aromatic carbocycles. The minimum absolute atomic E-state index is 0.0273. The van der Waals surface area contributed by atoms with Crippen LogP contribution in [0.5, 0.6) is 0 Å². The molecule has 0 atom stereocenters. The largest absolute Gasteiger partial charge is 0.495 e. The quantitative estimate of drug-likeness (QED) is 0.417. The van der Waals surface area contributed by atoms with Crippen LogP contribution in [0.25, 0.3) is 0 Å². The van der Waals surface area contributed by atoms with Gasteiger partial charge in [0.05, 0.1) is 43.7 Å². The first-order chi connectivity index (χ1) is 12.1. The predicted molar refractivity (Wildman–Crippen MR) is 93.7 cm³/mol. The number of rotatable bonds is 12. The van der Waals surface area contributed by atoms with E-state index in [-0.39, 0.29) is 18.1 Å². The van der Waals surface area contributed by atoms with E-state index in [0.29, 0.717) is 26.4 Å². The molecule has 0 aliphatic heterocycles. The molecule has 0 aromatic heterocycles. The molecule has 0 amide bonds. The molecule has 7 heteroatoms. The third-order valence-corrected chi connectivity index (χ3v) is 4.73. The third-order valence-electron chi connectivity index (χ3n) is 3.40. The van der Waals surface area contributed by atoms with E-state index in [2.05, 4.69) is 0 Å². The first kappa shape index (κ1) is 19.7. The first-order valence-corrected chi connectivity index (χ1v) is 9.59. The van der Waals surface area contributed by atoms with Gasteiger partial charge in [0.15, 0.2) is 0 Å². The molecular formula is C18H24O6S. The highest BCUT2D eigenvalue weighted by Crippen LogP contribution is 2.13. The van der Waals surface area contributed by atoms with Crippen LogP contribution in [0.3, 0.4) is 0 Å². The Labute approximate surface area is 149 Å². The van der Waals surface area contributed by atoms with Gasteiger partial charge in [-0.2, -0.15) is 8.42 Å². The molecule has 0 N–H and O–H groups in total. The number of aryl methyl sites for hydroxylation is 1. The minimum Gasteiger partial charge on any atom is -0.495 e. The molecule has 0 bridgehead atoms. The smallest absolute Gasteiger partial charge is 0.297 e. The molecule has 25 heavy (non-hydrogen) atoms. The Morgan fingerprint density at radius 2 is 1.56 bits per heavy atom. The van der Waals surface area contributed by atoms with Gasteiger partial charge in [0, 0.05) is 6.42 Å². The summed E-state index contributed by atoms with van der Waals surface area (Å²) in [7, 11) is -3.73. The Bertz CT molecular complexity index is 676. The molecule has 0 heterocycles. The molecule has 0 radical (unpaired) electrons. The van der Waals surface area contributed by atoms with Gasteiger partial charge in [-0.15, -0.1) is 0 Å². The van der Waals surface area contributed by atoms with Gasteiger partial charge in [-0.25, -0.2) is 0 Å². The molecule has 0 fully saturated rings. The lowest BCUT2D eigenvalue weighted by molar-refractivity contribution is 0.0200. The van der Waals surface area contributed by atoms with Crippen molar-refractivity contribution >= 4 is 10.1 Å². The van der Waals surface area contributed by atoms with Crippen LogP contribution >= 0.6 is 0 Å². The van der Waals surface area contributed by atoms with Crippen LogP contribution < -0.4 is 0 Å². The Morgan fingerprint density at radius 3 is 2.20 bits per heavy atom. The lowest BCUT2D eigenvalue weighted by atomic mass is 10.2. The predicted octanol–water partition coefficient (Wildman–Crippen LogP) is 2.59. The highest BCUT2D eigenvalue weighted by atomic mass is 32.2. The van der Waals surface area contributed by atoms with Crippen molar-refractivity contribution in [3.8, 4) is 0 Å². The summed E-state index contributed by atoms with van der Waals surface area (Å²) >= 11 is 0. The molecular weight excluding hydrogens is 344 g/mol. The van der Waals surface area contributed by atoms with Gasteiger partial charge in [0.25, 0.3) is 10.1 Å². The fraction of sp³-hybridized carbons (Fsp3) is 0.444. The first-order valence-electron chi connectivity index (χ1n) is 8.18. The van der Waals surface area contributed by atoms with Crippen LogP contribution in [0.1, 0.15) is 12.0 Å². The summed E-state index contributed by atoms with van der Waals surface area (Å²) in [6.45, 7) is 3.83. The van der Waals surface area contributed by atoms with Crippen LogP contribution in [0.4, 0.5) is 0 Å². The van der Waals surface area contributed by atoms with E-state index in [0.717, 1.165) is 17.7 Å². The molecule has 0 spiro atoms. The molecule has 6 nitrogen and oxygen atoms in total. The van der Waals surface area contributed by atoms with Crippen molar-refractivity contribution in [3.05, 3.63) is 53.8 Å². The summed E-state index contributed by atoms with van der Waals surface area (Å²) in [6.07, 6.45) is 6.78. The maximum Gasteiger partial charge on any atom is 0.297 e. The van der Waals surface area contributed by atoms with Crippen molar-refractivity contribution in [2.45, 2.75) is 18.2 Å². The van der Waals surface area contributed by atoms with Gasteiger partial charge in [-0.3, -0.25) is 4.18 Å². The van der Waals surface area contributed by atoms with Gasteiger partial charge < -0.3 is 14.2 Å². The molecule has 1 aliphatic carbocycles. The Kier molecular flexibility index (Phi) is 8.14. The lowest BCUT2D eigenvalue weighted by Gasteiger charge is -2.09. The number of ether oxygens (including phenoxy) is 3. The van der Waals surface area contributed by atoms with Crippen molar-refractivity contribution in [1.29, 1.82) is 0 Å². The molecule has 2 rings (SSSR count). The average Bonchev–Trinajstić information content (AvgIpc) is 3.10. The zero-order valence-corrected chi connectivity index (χ0v) is 15.2. The molecule has 0 unspecified atom stereocenters. The highest BCUT2D eigenvalue weighted by molar-refractivity contribution is 7.86. The molecule has 1 aromatic rings. The van der Waals surface area contributed by atoms with E-state index >= 15 is 0 Å². The Balaban J connectivity index is 1.47. The second kappa shape index (κ2) is 10.4. The number of allylic oxidation sites excluding steroid dienone is 3. The second-order valence-corrected chi connectivity index (χ2v) is 7.04. The Hall–Kier alpha value is -1.67. The maximum atomic E-state index is 11.9. The van der Waals surface area contributed by atoms with Crippen molar-refractivity contribution < 1.29 is 26.8 Å². The summed E-state index contributed by atoms with van der Waals surface area (Å²) in [4.78, 5) is 0.147. The lowest BCUT2D eigenvalue weighted by Crippen LogP contribution is -2.14. The van der Waals surface area contributed by atoms with E-state index < -0.39 is 10.1 Å². The van der Waals surface area contributed by atoms with Crippen LogP contribution in [0.15, 0.2) is 53.1 Å². The summed E-state index contributed by atoms with van der Waals surface area (Å²) < 4.78 is 44.9. The van der Waals surface area contributed by atoms with Gasteiger partial charge >= 0.3 is 0 Å². The molecule has 138 valence electrons. The summed E-state index contributed by atoms with van der Waals surface area (Å²) in [5, 5.41) is 0. The van der Waals surface area contributed by atoms with Crippen LogP contribution in [0.2, 0.25) is 0 Å². The monoisotopic (exact) mass is 368 g/mol. The van der Waals surface area contributed by atoms with Gasteiger partial charge in [0.1, 0.15) is 6.61 Å². The summed E-state index contributed by atoms with van der Waals surface area (Å²) in [6, 6.07) is 6.51. The van der Waals surface area contributed by atoms with E-state index in [9.17, 15) is 8.42 Å². The normalized spacial score (nSPS) is 13.9. The van der Waals surface area contributed by atoms with Crippen LogP contribution in [-0.2, 0) is 28.5 Å². The second-order valence-electron chi connectivity index (χ2n) is 5.43. The molecule has 0 saturated heterocycles. The Morgan fingerprint density at radius 1 is 0.920 bits per heavy atom. The SMILES string of the molecule is Cc1ccc(S(=O)(=O)OCCOCCOCCOC2=CC=CC2)cc1. The third kappa shape index (κ3) is 7.39. The number of benzene rings is 1. The summed E-state index contributed by atoms with van der Waals surface area (Å²) in [5.74, 6) is 0.951. The topological polar surface area (TPSA) is 71.1 Å². The van der Waals surface area contributed by atoms with Crippen molar-refractivity contribution in [3.63, 3.8) is 0 Å². The van der Waals surface area contributed by atoms with Gasteiger partial charge in [-0.05, 0) is 25.1 Å². The van der Waals surface area contributed by atoms with E-state index in [1.54, 1.807) is 12.1 Å². The zero-order chi connectivity index (χ0) is 18.0. The number of hydrogen-bond donors (Lipinski definition) is 0. The van der Waals surface area contributed by atoms with E-state index in [1.165, 1.54) is 12.1 Å². The standard InChI is InChI=1S/C18H24O6S/c1-16-6-8-18(9-7-16)25(19,20)24-15-13-22-11-10-21-12-14-23-17-4-2-3-5-17/h2-4,6-9H,5,10-15H2,1H3. The molecule has 0 saturated carbocycles. The molecule has 1 aliphatic rings. The van der Waals surface area contributed by atoms with E-state index in [4.69, 9.17) is 18.4 Å². The fourth-order valence-corrected chi connectivity index (χ4v) is 2.96. The van der Waals surface area contributed by atoms with Crippen molar-refractivity contribution in [2.24, 2.45) is 0 Å². The number of hydrogen-bond acceptors (Lipinski definition) is 6. The fourth-order valence-electron chi connectivity index (χ4n) is 2.06. The minimum atomic E-state index is -3.73. The van der Waals surface area contributed by atoms with Crippen LogP contribution in [0, 0.1) is 6.92 Å². The summed E-state index contributed by atoms with van der Waals surface area (Å²) in [5.41, 5.74) is 0.990. The van der Waals surface area contributed by atoms with Crippen molar-refractivity contribution in [1.82, 2.24) is 0 Å². The van der Waals surface area contributed by atoms with Gasteiger partial charge in [0.2, 0.25) is 0 Å². The average molecular weight is 368 g/mol. The van der Waals surface area contributed by atoms with E-state index in [1.807, 2.05) is 25.2 Å².